The zero-order valence-corrected chi connectivity index (χ0v) is 14.1. The van der Waals surface area contributed by atoms with E-state index in [0.717, 1.165) is 28.9 Å². The zero-order valence-electron chi connectivity index (χ0n) is 11.7. The lowest BCUT2D eigenvalue weighted by molar-refractivity contribution is 0.301. The van der Waals surface area contributed by atoms with Crippen LogP contribution in [0.2, 0.25) is 0 Å². The Morgan fingerprint density at radius 2 is 2.10 bits per heavy atom. The third-order valence-corrected chi connectivity index (χ3v) is 3.22. The summed E-state index contributed by atoms with van der Waals surface area (Å²) >= 11 is 3.46. The predicted octanol–water partition coefficient (Wildman–Crippen LogP) is 3.44. The molecule has 1 aromatic heterocycles. The summed E-state index contributed by atoms with van der Waals surface area (Å²) in [5.41, 5.74) is 1.11. The Labute approximate surface area is 139 Å². The number of methoxy groups -OCH3 is 1. The smallest absolute Gasteiger partial charge is 0.213 e. The topological polar surface area (TPSA) is 43.4 Å². The normalized spacial score (nSPS) is 9.81. The van der Waals surface area contributed by atoms with Gasteiger partial charge in [0.2, 0.25) is 5.88 Å². The minimum Gasteiger partial charge on any atom is -0.496 e. The van der Waals surface area contributed by atoms with E-state index in [4.69, 9.17) is 9.47 Å². The third kappa shape index (κ3) is 5.91. The first-order chi connectivity index (χ1) is 9.79. The van der Waals surface area contributed by atoms with Crippen molar-refractivity contribution in [2.24, 2.45) is 0 Å². The van der Waals surface area contributed by atoms with E-state index >= 15 is 0 Å². The van der Waals surface area contributed by atoms with Gasteiger partial charge in [0, 0.05) is 35.4 Å². The van der Waals surface area contributed by atoms with Gasteiger partial charge < -0.3 is 14.8 Å². The van der Waals surface area contributed by atoms with Gasteiger partial charge in [-0.15, -0.1) is 12.4 Å². The second kappa shape index (κ2) is 9.60. The molecule has 0 atom stereocenters. The molecule has 0 bridgehead atoms. The van der Waals surface area contributed by atoms with E-state index in [1.165, 1.54) is 0 Å². The van der Waals surface area contributed by atoms with Crippen molar-refractivity contribution in [2.75, 3.05) is 20.3 Å². The molecule has 0 aliphatic rings. The van der Waals surface area contributed by atoms with E-state index in [9.17, 15) is 0 Å². The second-order valence-corrected chi connectivity index (χ2v) is 5.07. The predicted molar refractivity (Wildman–Crippen MR) is 89.4 cm³/mol. The molecule has 0 aliphatic heterocycles. The van der Waals surface area contributed by atoms with Crippen molar-refractivity contribution in [3.63, 3.8) is 0 Å². The number of hydrogen-bond donors (Lipinski definition) is 1. The fraction of sp³-hybridized carbons (Fsp3) is 0.267. The van der Waals surface area contributed by atoms with Gasteiger partial charge in [0.25, 0.3) is 0 Å². The summed E-state index contributed by atoms with van der Waals surface area (Å²) in [6.45, 7) is 2.05. The van der Waals surface area contributed by atoms with Crippen LogP contribution in [-0.4, -0.2) is 25.2 Å². The van der Waals surface area contributed by atoms with Gasteiger partial charge in [0.1, 0.15) is 12.4 Å². The zero-order chi connectivity index (χ0) is 14.2. The van der Waals surface area contributed by atoms with Crippen LogP contribution in [0.5, 0.6) is 11.6 Å². The Kier molecular flexibility index (Phi) is 8.12. The quantitative estimate of drug-likeness (QED) is 0.755. The van der Waals surface area contributed by atoms with Crippen LogP contribution in [0.25, 0.3) is 0 Å². The molecular weight excluding hydrogens is 356 g/mol. The van der Waals surface area contributed by atoms with Crippen molar-refractivity contribution in [2.45, 2.75) is 6.54 Å². The lowest BCUT2D eigenvalue weighted by Gasteiger charge is -2.10. The van der Waals surface area contributed by atoms with Crippen LogP contribution >= 0.6 is 28.3 Å². The molecule has 0 saturated heterocycles. The standard InChI is InChI=1S/C15H17BrN2O2.ClH/c1-19-14-6-5-13(16)10-12(14)11-17-8-9-20-15-4-2-3-7-18-15;/h2-7,10,17H,8-9,11H2,1H3;1H. The van der Waals surface area contributed by atoms with Crippen LogP contribution in [-0.2, 0) is 6.54 Å². The van der Waals surface area contributed by atoms with Crippen molar-refractivity contribution in [1.29, 1.82) is 0 Å². The molecule has 0 saturated carbocycles. The van der Waals surface area contributed by atoms with Crippen LogP contribution in [0.3, 0.4) is 0 Å². The Bertz CT molecular complexity index is 540. The number of aromatic nitrogens is 1. The lowest BCUT2D eigenvalue weighted by Crippen LogP contribution is -2.21. The fourth-order valence-electron chi connectivity index (χ4n) is 1.77. The van der Waals surface area contributed by atoms with E-state index in [1.807, 2.05) is 36.4 Å². The average Bonchev–Trinajstić information content (AvgIpc) is 2.48. The number of benzene rings is 1. The molecule has 6 heteroatoms. The molecule has 0 unspecified atom stereocenters. The molecular formula is C15H18BrClN2O2. The molecule has 4 nitrogen and oxygen atoms in total. The van der Waals surface area contributed by atoms with E-state index in [2.05, 4.69) is 26.2 Å². The minimum absolute atomic E-state index is 0. The molecule has 0 spiro atoms. The number of hydrogen-bond acceptors (Lipinski definition) is 4. The maximum absolute atomic E-state index is 5.51. The van der Waals surface area contributed by atoms with Gasteiger partial charge >= 0.3 is 0 Å². The van der Waals surface area contributed by atoms with Crippen LogP contribution in [0, 0.1) is 0 Å². The number of rotatable bonds is 7. The number of halogens is 2. The molecule has 2 rings (SSSR count). The van der Waals surface area contributed by atoms with Gasteiger partial charge in [-0.1, -0.05) is 22.0 Å². The summed E-state index contributed by atoms with van der Waals surface area (Å²) in [4.78, 5) is 4.10. The van der Waals surface area contributed by atoms with Gasteiger partial charge in [-0.05, 0) is 24.3 Å². The average molecular weight is 374 g/mol. The van der Waals surface area contributed by atoms with Crippen molar-refractivity contribution in [3.8, 4) is 11.6 Å². The summed E-state index contributed by atoms with van der Waals surface area (Å²) in [6, 6.07) is 11.6. The Hall–Kier alpha value is -1.30. The van der Waals surface area contributed by atoms with E-state index in [0.29, 0.717) is 12.5 Å². The maximum Gasteiger partial charge on any atom is 0.213 e. The number of ether oxygens (including phenoxy) is 2. The third-order valence-electron chi connectivity index (χ3n) is 2.72. The highest BCUT2D eigenvalue weighted by molar-refractivity contribution is 9.10. The lowest BCUT2D eigenvalue weighted by atomic mass is 10.2. The van der Waals surface area contributed by atoms with E-state index in [-0.39, 0.29) is 12.4 Å². The van der Waals surface area contributed by atoms with Gasteiger partial charge in [0.05, 0.1) is 7.11 Å². The largest absolute Gasteiger partial charge is 0.496 e. The highest BCUT2D eigenvalue weighted by atomic mass is 79.9. The summed E-state index contributed by atoms with van der Waals surface area (Å²) in [5, 5.41) is 3.32. The van der Waals surface area contributed by atoms with Crippen LogP contribution in [0.15, 0.2) is 47.1 Å². The molecule has 114 valence electrons. The summed E-state index contributed by atoms with van der Waals surface area (Å²) in [5.74, 6) is 1.53. The van der Waals surface area contributed by atoms with Crippen molar-refractivity contribution < 1.29 is 9.47 Å². The molecule has 1 aromatic carbocycles. The first-order valence-electron chi connectivity index (χ1n) is 6.36. The second-order valence-electron chi connectivity index (χ2n) is 4.15. The maximum atomic E-state index is 5.51. The van der Waals surface area contributed by atoms with Gasteiger partial charge in [-0.3, -0.25) is 0 Å². The van der Waals surface area contributed by atoms with Crippen LogP contribution < -0.4 is 14.8 Å². The number of pyridine rings is 1. The number of nitrogens with one attached hydrogen (secondary N) is 1. The van der Waals surface area contributed by atoms with Gasteiger partial charge in [-0.25, -0.2) is 4.98 Å². The molecule has 0 fully saturated rings. The minimum atomic E-state index is 0. The molecule has 2 aromatic rings. The molecule has 1 N–H and O–H groups in total. The van der Waals surface area contributed by atoms with Crippen molar-refractivity contribution >= 4 is 28.3 Å². The SMILES string of the molecule is COc1ccc(Br)cc1CNCCOc1ccccn1.Cl. The van der Waals surface area contributed by atoms with Crippen molar-refractivity contribution in [1.82, 2.24) is 10.3 Å². The summed E-state index contributed by atoms with van der Waals surface area (Å²) < 4.78 is 11.9. The molecule has 1 heterocycles. The number of nitrogens with zero attached hydrogens (tertiary/aromatic N) is 1. The molecule has 21 heavy (non-hydrogen) atoms. The summed E-state index contributed by atoms with van der Waals surface area (Å²) in [6.07, 6.45) is 1.72. The van der Waals surface area contributed by atoms with E-state index < -0.39 is 0 Å². The molecule has 0 aliphatic carbocycles. The summed E-state index contributed by atoms with van der Waals surface area (Å²) in [7, 11) is 1.68. The van der Waals surface area contributed by atoms with Gasteiger partial charge in [-0.2, -0.15) is 0 Å². The molecule has 0 amide bonds. The van der Waals surface area contributed by atoms with Crippen molar-refractivity contribution in [3.05, 3.63) is 52.6 Å². The van der Waals surface area contributed by atoms with Crippen LogP contribution in [0.4, 0.5) is 0 Å². The highest BCUT2D eigenvalue weighted by Gasteiger charge is 2.03. The first-order valence-corrected chi connectivity index (χ1v) is 7.16. The Balaban J connectivity index is 0.00000220. The molecule has 0 radical (unpaired) electrons. The van der Waals surface area contributed by atoms with Crippen LogP contribution in [0.1, 0.15) is 5.56 Å². The monoisotopic (exact) mass is 372 g/mol. The highest BCUT2D eigenvalue weighted by Crippen LogP contribution is 2.22. The van der Waals surface area contributed by atoms with E-state index in [1.54, 1.807) is 13.3 Å². The van der Waals surface area contributed by atoms with Gasteiger partial charge in [0.15, 0.2) is 0 Å². The first kappa shape index (κ1) is 17.8. The Morgan fingerprint density at radius 1 is 1.24 bits per heavy atom. The Morgan fingerprint density at radius 3 is 2.81 bits per heavy atom. The fourth-order valence-corrected chi connectivity index (χ4v) is 2.18.